The van der Waals surface area contributed by atoms with Crippen molar-refractivity contribution < 1.29 is 9.53 Å². The molecular formula is C23H22ClN5O2S. The Morgan fingerprint density at radius 1 is 1.06 bits per heavy atom. The number of nitrogens with zero attached hydrogens (tertiary/aromatic N) is 4. The zero-order chi connectivity index (χ0) is 21.2. The number of cyclic esters (lactones) is 1. The van der Waals surface area contributed by atoms with Crippen LogP contribution in [0.1, 0.15) is 5.56 Å². The van der Waals surface area contributed by atoms with Gasteiger partial charge in [0.25, 0.3) is 0 Å². The van der Waals surface area contributed by atoms with Crippen LogP contribution in [0, 0.1) is 0 Å². The van der Waals surface area contributed by atoms with E-state index in [4.69, 9.17) is 10.5 Å². The number of ether oxygens (including phenoxy) is 1. The summed E-state index contributed by atoms with van der Waals surface area (Å²) >= 11 is 1.56. The third-order valence-electron chi connectivity index (χ3n) is 5.31. The van der Waals surface area contributed by atoms with E-state index in [1.807, 2.05) is 64.9 Å². The van der Waals surface area contributed by atoms with Crippen molar-refractivity contribution in [2.75, 3.05) is 26.2 Å². The Kier molecular flexibility index (Phi) is 6.43. The maximum Gasteiger partial charge on any atom is 0.365 e. The Morgan fingerprint density at radius 2 is 1.84 bits per heavy atom. The largest absolute Gasteiger partial charge is 0.402 e. The maximum atomic E-state index is 12.4. The fourth-order valence-corrected chi connectivity index (χ4v) is 4.30. The van der Waals surface area contributed by atoms with Gasteiger partial charge in [0, 0.05) is 37.9 Å². The molecule has 3 heterocycles. The minimum Gasteiger partial charge on any atom is -0.402 e. The minimum atomic E-state index is -0.427. The lowest BCUT2D eigenvalue weighted by Gasteiger charge is -2.34. The number of halogens is 1. The summed E-state index contributed by atoms with van der Waals surface area (Å²) in [5.41, 5.74) is 7.28. The number of carbonyl (C=O) groups excluding carboxylic acids is 1. The Balaban J connectivity index is 0.00000245. The van der Waals surface area contributed by atoms with Crippen molar-refractivity contribution in [1.82, 2.24) is 9.80 Å². The van der Waals surface area contributed by atoms with E-state index in [0.717, 1.165) is 47.5 Å². The van der Waals surface area contributed by atoms with Crippen LogP contribution < -0.4 is 5.73 Å². The van der Waals surface area contributed by atoms with Gasteiger partial charge in [-0.1, -0.05) is 36.4 Å². The van der Waals surface area contributed by atoms with Gasteiger partial charge in [0.15, 0.2) is 11.7 Å². The van der Waals surface area contributed by atoms with Crippen LogP contribution in [0.4, 0.5) is 5.00 Å². The average Bonchev–Trinajstić information content (AvgIpc) is 3.43. The highest BCUT2D eigenvalue weighted by molar-refractivity contribution is 7.13. The topological polar surface area (TPSA) is 83.5 Å². The summed E-state index contributed by atoms with van der Waals surface area (Å²) in [6.45, 7) is 2.88. The van der Waals surface area contributed by atoms with E-state index in [9.17, 15) is 4.79 Å². The molecule has 1 saturated heterocycles. The van der Waals surface area contributed by atoms with Gasteiger partial charge < -0.3 is 20.3 Å². The lowest BCUT2D eigenvalue weighted by atomic mass is 10.0. The molecule has 0 radical (unpaired) electrons. The summed E-state index contributed by atoms with van der Waals surface area (Å²) in [6.07, 6.45) is 1.78. The number of rotatable bonds is 3. The molecular weight excluding hydrogens is 446 g/mol. The number of guanidine groups is 1. The van der Waals surface area contributed by atoms with Crippen molar-refractivity contribution in [2.45, 2.75) is 0 Å². The Bertz CT molecular complexity index is 1210. The van der Waals surface area contributed by atoms with Gasteiger partial charge in [0.2, 0.25) is 5.90 Å². The number of fused-ring (bicyclic) bond motifs is 1. The van der Waals surface area contributed by atoms with Gasteiger partial charge in [-0.15, -0.1) is 23.7 Å². The Labute approximate surface area is 195 Å². The van der Waals surface area contributed by atoms with E-state index in [1.54, 1.807) is 17.5 Å². The van der Waals surface area contributed by atoms with Crippen LogP contribution in [0.2, 0.25) is 0 Å². The Morgan fingerprint density at radius 3 is 2.62 bits per heavy atom. The fourth-order valence-electron chi connectivity index (χ4n) is 3.70. The molecule has 0 saturated carbocycles. The molecule has 164 valence electrons. The molecule has 1 fully saturated rings. The molecule has 0 spiro atoms. The van der Waals surface area contributed by atoms with Crippen molar-refractivity contribution >= 4 is 57.3 Å². The molecule has 2 N–H and O–H groups in total. The van der Waals surface area contributed by atoms with Gasteiger partial charge in [0.1, 0.15) is 5.00 Å². The third kappa shape index (κ3) is 4.46. The molecule has 2 aliphatic heterocycles. The number of thiophene rings is 1. The highest BCUT2D eigenvalue weighted by Gasteiger charge is 2.27. The molecule has 0 aliphatic carbocycles. The zero-order valence-electron chi connectivity index (χ0n) is 17.2. The van der Waals surface area contributed by atoms with Crippen LogP contribution in [0.3, 0.4) is 0 Å². The summed E-state index contributed by atoms with van der Waals surface area (Å²) in [7, 11) is 0. The summed E-state index contributed by atoms with van der Waals surface area (Å²) < 4.78 is 5.50. The number of nitrogens with two attached hydrogens (primary N) is 1. The number of hydrogen-bond acceptors (Lipinski definition) is 6. The molecule has 0 unspecified atom stereocenters. The fraction of sp³-hybridized carbons (Fsp3) is 0.174. The number of esters is 1. The number of hydrogen-bond donors (Lipinski definition) is 1. The highest BCUT2D eigenvalue weighted by atomic mass is 35.5. The van der Waals surface area contributed by atoms with Crippen molar-refractivity contribution in [3.05, 3.63) is 77.4 Å². The van der Waals surface area contributed by atoms with E-state index in [-0.39, 0.29) is 12.4 Å². The van der Waals surface area contributed by atoms with Gasteiger partial charge in [-0.05, 0) is 34.4 Å². The molecule has 0 bridgehead atoms. The zero-order valence-corrected chi connectivity index (χ0v) is 18.8. The maximum absolute atomic E-state index is 12.4. The number of piperazine rings is 1. The minimum absolute atomic E-state index is 0. The first-order valence-corrected chi connectivity index (χ1v) is 10.9. The predicted octanol–water partition coefficient (Wildman–Crippen LogP) is 3.73. The van der Waals surface area contributed by atoms with Gasteiger partial charge in [-0.3, -0.25) is 0 Å². The van der Waals surface area contributed by atoms with Gasteiger partial charge in [-0.2, -0.15) is 0 Å². The van der Waals surface area contributed by atoms with Crippen molar-refractivity contribution in [3.8, 4) is 0 Å². The molecule has 1 aromatic heterocycles. The molecule has 2 aliphatic rings. The number of aliphatic imine (C=N–C) groups is 2. The quantitative estimate of drug-likeness (QED) is 0.274. The standard InChI is InChI=1S/C23H21N5O2S.ClH/c24-23(26-20-9-4-14-31-20)28-12-10-27(11-13-28)15-19-22(29)30-21(25-19)18-8-3-6-16-5-1-2-7-17(16)18;/h1-9,14-15H,10-13H2,(H2,24,26);1H. The average molecular weight is 468 g/mol. The monoisotopic (exact) mass is 467 g/mol. The van der Waals surface area contributed by atoms with Gasteiger partial charge in [0.05, 0.1) is 0 Å². The van der Waals surface area contributed by atoms with Crippen molar-refractivity contribution in [1.29, 1.82) is 0 Å². The van der Waals surface area contributed by atoms with E-state index in [2.05, 4.69) is 14.9 Å². The second-order valence-corrected chi connectivity index (χ2v) is 8.22. The number of carbonyl (C=O) groups is 1. The number of benzene rings is 2. The summed E-state index contributed by atoms with van der Waals surface area (Å²) in [5, 5.41) is 4.95. The lowest BCUT2D eigenvalue weighted by Crippen LogP contribution is -2.49. The molecule has 3 aromatic rings. The SMILES string of the molecule is Cl.N/C(=N\c1cccs1)N1CCN(C=C2N=C(c3cccc4ccccc34)OC2=O)CC1. The smallest absolute Gasteiger partial charge is 0.365 e. The molecule has 9 heteroatoms. The molecule has 32 heavy (non-hydrogen) atoms. The molecule has 5 rings (SSSR count). The van der Waals surface area contributed by atoms with Crippen LogP contribution >= 0.6 is 23.7 Å². The van der Waals surface area contributed by atoms with E-state index in [0.29, 0.717) is 17.6 Å². The summed E-state index contributed by atoms with van der Waals surface area (Å²) in [5.74, 6) is 0.439. The second kappa shape index (κ2) is 9.42. The molecule has 2 aromatic carbocycles. The van der Waals surface area contributed by atoms with E-state index in [1.165, 1.54) is 0 Å². The van der Waals surface area contributed by atoms with E-state index < -0.39 is 5.97 Å². The molecule has 0 atom stereocenters. The molecule has 0 amide bonds. The first kappa shape index (κ1) is 21.9. The highest BCUT2D eigenvalue weighted by Crippen LogP contribution is 2.24. The Hall–Kier alpha value is -3.36. The summed E-state index contributed by atoms with van der Waals surface area (Å²) in [6, 6.07) is 17.8. The van der Waals surface area contributed by atoms with Crippen molar-refractivity contribution in [3.63, 3.8) is 0 Å². The normalized spacial score (nSPS) is 18.0. The van der Waals surface area contributed by atoms with Crippen LogP contribution in [0.15, 0.2) is 81.9 Å². The first-order valence-electron chi connectivity index (χ1n) is 10.0. The van der Waals surface area contributed by atoms with Crippen LogP contribution in [0.5, 0.6) is 0 Å². The van der Waals surface area contributed by atoms with Gasteiger partial charge >= 0.3 is 5.97 Å². The van der Waals surface area contributed by atoms with Crippen LogP contribution in [0.25, 0.3) is 10.8 Å². The second-order valence-electron chi connectivity index (χ2n) is 7.29. The van der Waals surface area contributed by atoms with Crippen molar-refractivity contribution in [2.24, 2.45) is 15.7 Å². The van der Waals surface area contributed by atoms with E-state index >= 15 is 0 Å². The van der Waals surface area contributed by atoms with Crippen LogP contribution in [-0.4, -0.2) is 53.8 Å². The molecule has 7 nitrogen and oxygen atoms in total. The first-order chi connectivity index (χ1) is 15.2. The third-order valence-corrected chi connectivity index (χ3v) is 6.08. The van der Waals surface area contributed by atoms with Gasteiger partial charge in [-0.25, -0.2) is 14.8 Å². The lowest BCUT2D eigenvalue weighted by molar-refractivity contribution is -0.130. The van der Waals surface area contributed by atoms with Crippen LogP contribution in [-0.2, 0) is 9.53 Å². The summed E-state index contributed by atoms with van der Waals surface area (Å²) in [4.78, 5) is 25.5. The predicted molar refractivity (Wildman–Crippen MR) is 131 cm³/mol.